The molecule has 1 heterocycles. The van der Waals surface area contributed by atoms with Gasteiger partial charge in [-0.3, -0.25) is 4.79 Å². The molecule has 2 aromatic rings. The predicted octanol–water partition coefficient (Wildman–Crippen LogP) is 3.25. The molecule has 100 valence electrons. The molecule has 1 aromatic carbocycles. The van der Waals surface area contributed by atoms with Crippen LogP contribution in [-0.2, 0) is 4.79 Å². The van der Waals surface area contributed by atoms with Crippen LogP contribution in [0.3, 0.4) is 0 Å². The fourth-order valence-electron chi connectivity index (χ4n) is 1.93. The molecular weight excluding hydrogens is 238 g/mol. The van der Waals surface area contributed by atoms with Crippen LogP contribution in [0.1, 0.15) is 26.7 Å². The summed E-state index contributed by atoms with van der Waals surface area (Å²) >= 11 is 0. The van der Waals surface area contributed by atoms with Crippen LogP contribution in [0.4, 0.5) is 5.82 Å². The Morgan fingerprint density at radius 1 is 1.32 bits per heavy atom. The van der Waals surface area contributed by atoms with E-state index in [0.29, 0.717) is 5.82 Å². The molecule has 0 aliphatic carbocycles. The molecule has 4 nitrogen and oxygen atoms in total. The second kappa shape index (κ2) is 6.18. The summed E-state index contributed by atoms with van der Waals surface area (Å²) in [5, 5.41) is 7.19. The van der Waals surface area contributed by atoms with Crippen LogP contribution in [0.5, 0.6) is 0 Å². The van der Waals surface area contributed by atoms with E-state index in [2.05, 4.69) is 17.3 Å². The van der Waals surface area contributed by atoms with Gasteiger partial charge in [-0.1, -0.05) is 38.5 Å². The average Bonchev–Trinajstić information content (AvgIpc) is 2.88. The zero-order chi connectivity index (χ0) is 13.7. The number of rotatable bonds is 5. The lowest BCUT2D eigenvalue weighted by molar-refractivity contribution is -0.119. The molecule has 0 saturated carbocycles. The molecule has 0 saturated heterocycles. The largest absolute Gasteiger partial charge is 0.309 e. The van der Waals surface area contributed by atoms with Gasteiger partial charge >= 0.3 is 0 Å². The van der Waals surface area contributed by atoms with Gasteiger partial charge in [0.1, 0.15) is 0 Å². The molecule has 0 bridgehead atoms. The quantitative estimate of drug-likeness (QED) is 0.893. The summed E-state index contributed by atoms with van der Waals surface area (Å²) in [4.78, 5) is 11.9. The minimum absolute atomic E-state index is 0.0203. The number of para-hydroxylation sites is 1. The standard InChI is InChI=1S/C15H19N3O/c1-3-7-12(2)15(19)16-14-10-11-18(17-14)13-8-5-4-6-9-13/h4-6,8-12H,3,7H2,1-2H3,(H,16,17,19). The molecule has 0 aliphatic heterocycles. The van der Waals surface area contributed by atoms with E-state index in [9.17, 15) is 4.79 Å². The van der Waals surface area contributed by atoms with Gasteiger partial charge in [-0.25, -0.2) is 4.68 Å². The number of carbonyl (C=O) groups excluding carboxylic acids is 1. The smallest absolute Gasteiger partial charge is 0.228 e. The highest BCUT2D eigenvalue weighted by Crippen LogP contribution is 2.12. The molecule has 0 spiro atoms. The Balaban J connectivity index is 2.04. The minimum Gasteiger partial charge on any atom is -0.309 e. The summed E-state index contributed by atoms with van der Waals surface area (Å²) in [5.41, 5.74) is 0.976. The van der Waals surface area contributed by atoms with Crippen LogP contribution in [0.25, 0.3) is 5.69 Å². The highest BCUT2D eigenvalue weighted by molar-refractivity contribution is 5.91. The summed E-state index contributed by atoms with van der Waals surface area (Å²) < 4.78 is 1.75. The van der Waals surface area contributed by atoms with Gasteiger partial charge in [-0.2, -0.15) is 5.10 Å². The number of amides is 1. The first-order valence-corrected chi connectivity index (χ1v) is 6.62. The van der Waals surface area contributed by atoms with E-state index in [-0.39, 0.29) is 11.8 Å². The van der Waals surface area contributed by atoms with Crippen molar-refractivity contribution >= 4 is 11.7 Å². The number of benzene rings is 1. The van der Waals surface area contributed by atoms with Crippen LogP contribution in [-0.4, -0.2) is 15.7 Å². The zero-order valence-corrected chi connectivity index (χ0v) is 11.3. The van der Waals surface area contributed by atoms with Crippen LogP contribution < -0.4 is 5.32 Å². The van der Waals surface area contributed by atoms with Crippen molar-refractivity contribution in [3.05, 3.63) is 42.6 Å². The van der Waals surface area contributed by atoms with Gasteiger partial charge in [0.25, 0.3) is 0 Å². The number of anilines is 1. The van der Waals surface area contributed by atoms with Crippen LogP contribution >= 0.6 is 0 Å². The van der Waals surface area contributed by atoms with Crippen LogP contribution in [0.2, 0.25) is 0 Å². The van der Waals surface area contributed by atoms with E-state index in [1.165, 1.54) is 0 Å². The first-order valence-electron chi connectivity index (χ1n) is 6.62. The Morgan fingerprint density at radius 2 is 2.05 bits per heavy atom. The molecule has 0 aliphatic rings. The van der Waals surface area contributed by atoms with Gasteiger partial charge in [0.05, 0.1) is 5.69 Å². The molecule has 2 rings (SSSR count). The topological polar surface area (TPSA) is 46.9 Å². The van der Waals surface area contributed by atoms with Crippen molar-refractivity contribution in [3.8, 4) is 5.69 Å². The SMILES string of the molecule is CCCC(C)C(=O)Nc1ccn(-c2ccccc2)n1. The van der Waals surface area contributed by atoms with Crippen molar-refractivity contribution in [1.29, 1.82) is 0 Å². The Bertz CT molecular complexity index is 533. The predicted molar refractivity (Wildman–Crippen MR) is 76.3 cm³/mol. The molecule has 1 aromatic heterocycles. The highest BCUT2D eigenvalue weighted by atomic mass is 16.1. The van der Waals surface area contributed by atoms with Crippen molar-refractivity contribution in [3.63, 3.8) is 0 Å². The van der Waals surface area contributed by atoms with Crippen molar-refractivity contribution in [2.45, 2.75) is 26.7 Å². The summed E-state index contributed by atoms with van der Waals surface area (Å²) in [7, 11) is 0. The minimum atomic E-state index is 0.0203. The maximum absolute atomic E-state index is 11.9. The average molecular weight is 257 g/mol. The molecule has 4 heteroatoms. The maximum Gasteiger partial charge on any atom is 0.228 e. The number of nitrogens with zero attached hydrogens (tertiary/aromatic N) is 2. The van der Waals surface area contributed by atoms with Gasteiger partial charge in [0.2, 0.25) is 5.91 Å². The van der Waals surface area contributed by atoms with E-state index in [1.807, 2.05) is 49.5 Å². The Morgan fingerprint density at radius 3 is 2.74 bits per heavy atom. The number of carbonyl (C=O) groups is 1. The van der Waals surface area contributed by atoms with Crippen molar-refractivity contribution in [2.75, 3.05) is 5.32 Å². The lowest BCUT2D eigenvalue weighted by Crippen LogP contribution is -2.20. The molecule has 1 atom stereocenters. The third-order valence-electron chi connectivity index (χ3n) is 3.03. The van der Waals surface area contributed by atoms with E-state index in [4.69, 9.17) is 0 Å². The molecule has 1 amide bonds. The zero-order valence-electron chi connectivity index (χ0n) is 11.3. The van der Waals surface area contributed by atoms with Gasteiger partial charge in [-0.05, 0) is 18.6 Å². The molecular formula is C15H19N3O. The fourth-order valence-corrected chi connectivity index (χ4v) is 1.93. The van der Waals surface area contributed by atoms with Gasteiger partial charge in [-0.15, -0.1) is 0 Å². The summed E-state index contributed by atoms with van der Waals surface area (Å²) in [6.07, 6.45) is 3.74. The highest BCUT2D eigenvalue weighted by Gasteiger charge is 2.13. The van der Waals surface area contributed by atoms with Gasteiger partial charge in [0.15, 0.2) is 5.82 Å². The Hall–Kier alpha value is -2.10. The van der Waals surface area contributed by atoms with E-state index < -0.39 is 0 Å². The third kappa shape index (κ3) is 3.44. The van der Waals surface area contributed by atoms with Crippen LogP contribution in [0, 0.1) is 5.92 Å². The van der Waals surface area contributed by atoms with E-state index >= 15 is 0 Å². The lowest BCUT2D eigenvalue weighted by atomic mass is 10.1. The Labute approximate surface area is 113 Å². The number of hydrogen-bond donors (Lipinski definition) is 1. The molecule has 19 heavy (non-hydrogen) atoms. The van der Waals surface area contributed by atoms with Crippen molar-refractivity contribution < 1.29 is 4.79 Å². The third-order valence-corrected chi connectivity index (χ3v) is 3.03. The fraction of sp³-hybridized carbons (Fsp3) is 0.333. The van der Waals surface area contributed by atoms with Gasteiger partial charge < -0.3 is 5.32 Å². The van der Waals surface area contributed by atoms with Crippen molar-refractivity contribution in [1.82, 2.24) is 9.78 Å². The normalized spacial score (nSPS) is 12.1. The van der Waals surface area contributed by atoms with Crippen LogP contribution in [0.15, 0.2) is 42.6 Å². The second-order valence-electron chi connectivity index (χ2n) is 4.66. The first kappa shape index (κ1) is 13.3. The summed E-state index contributed by atoms with van der Waals surface area (Å²) in [6.45, 7) is 4.01. The molecule has 1 N–H and O–H groups in total. The summed E-state index contributed by atoms with van der Waals surface area (Å²) in [5.74, 6) is 0.642. The number of aromatic nitrogens is 2. The first-order chi connectivity index (χ1) is 9.20. The number of nitrogens with one attached hydrogen (secondary N) is 1. The lowest BCUT2D eigenvalue weighted by Gasteiger charge is -2.08. The maximum atomic E-state index is 11.9. The Kier molecular flexibility index (Phi) is 4.34. The van der Waals surface area contributed by atoms with Gasteiger partial charge in [0, 0.05) is 18.2 Å². The molecule has 1 unspecified atom stereocenters. The van der Waals surface area contributed by atoms with Crippen molar-refractivity contribution in [2.24, 2.45) is 5.92 Å². The number of hydrogen-bond acceptors (Lipinski definition) is 2. The van der Waals surface area contributed by atoms with E-state index in [0.717, 1.165) is 18.5 Å². The monoisotopic (exact) mass is 257 g/mol. The molecule has 0 fully saturated rings. The molecule has 0 radical (unpaired) electrons. The summed E-state index contributed by atoms with van der Waals surface area (Å²) in [6, 6.07) is 11.6. The van der Waals surface area contributed by atoms with E-state index in [1.54, 1.807) is 4.68 Å². The second-order valence-corrected chi connectivity index (χ2v) is 4.66.